The molecule has 0 aromatic rings. The first kappa shape index (κ1) is 10.5. The Kier molecular flexibility index (Phi) is 3.72. The molecule has 0 spiro atoms. The molecular weight excluding hydrogens is 168 g/mol. The SMILES string of the molecule is CC(O)C1C[CH]CCC1CC(=O)O. The number of carboxylic acids is 1. The van der Waals surface area contributed by atoms with Gasteiger partial charge in [0.2, 0.25) is 0 Å². The predicted octanol–water partition coefficient (Wildman–Crippen LogP) is 1.46. The average Bonchev–Trinajstić information content (AvgIpc) is 2.03. The van der Waals surface area contributed by atoms with E-state index >= 15 is 0 Å². The van der Waals surface area contributed by atoms with E-state index in [-0.39, 0.29) is 24.4 Å². The Bertz CT molecular complexity index is 177. The lowest BCUT2D eigenvalue weighted by molar-refractivity contribution is -0.139. The van der Waals surface area contributed by atoms with Crippen molar-refractivity contribution in [2.75, 3.05) is 0 Å². The summed E-state index contributed by atoms with van der Waals surface area (Å²) in [5.74, 6) is -0.454. The molecule has 0 amide bonds. The zero-order valence-corrected chi connectivity index (χ0v) is 7.94. The van der Waals surface area contributed by atoms with Crippen molar-refractivity contribution < 1.29 is 15.0 Å². The quantitative estimate of drug-likeness (QED) is 0.700. The van der Waals surface area contributed by atoms with Crippen LogP contribution in [0.25, 0.3) is 0 Å². The van der Waals surface area contributed by atoms with Crippen LogP contribution < -0.4 is 0 Å². The second-order valence-corrected chi connectivity index (χ2v) is 3.86. The molecule has 1 aliphatic carbocycles. The minimum atomic E-state index is -0.752. The minimum absolute atomic E-state index is 0.143. The predicted molar refractivity (Wildman–Crippen MR) is 49.1 cm³/mol. The van der Waals surface area contributed by atoms with Crippen molar-refractivity contribution >= 4 is 5.97 Å². The summed E-state index contributed by atoms with van der Waals surface area (Å²) in [6.07, 6.45) is 4.71. The zero-order chi connectivity index (χ0) is 9.84. The van der Waals surface area contributed by atoms with Gasteiger partial charge in [0.1, 0.15) is 0 Å². The summed E-state index contributed by atoms with van der Waals surface area (Å²) >= 11 is 0. The maximum Gasteiger partial charge on any atom is 0.303 e. The molecule has 75 valence electrons. The molecule has 1 fully saturated rings. The van der Waals surface area contributed by atoms with Crippen LogP contribution in [0.3, 0.4) is 0 Å². The lowest BCUT2D eigenvalue weighted by Gasteiger charge is -2.32. The Balaban J connectivity index is 2.51. The molecule has 13 heavy (non-hydrogen) atoms. The molecule has 3 atom stereocenters. The zero-order valence-electron chi connectivity index (χ0n) is 7.94. The molecule has 1 aliphatic rings. The highest BCUT2D eigenvalue weighted by atomic mass is 16.4. The van der Waals surface area contributed by atoms with Crippen molar-refractivity contribution in [3.63, 3.8) is 0 Å². The number of aliphatic hydroxyl groups excluding tert-OH is 1. The van der Waals surface area contributed by atoms with Crippen LogP contribution in [0.4, 0.5) is 0 Å². The second-order valence-electron chi connectivity index (χ2n) is 3.86. The Morgan fingerprint density at radius 1 is 1.69 bits per heavy atom. The van der Waals surface area contributed by atoms with E-state index in [0.29, 0.717) is 0 Å². The first-order valence-corrected chi connectivity index (χ1v) is 4.82. The van der Waals surface area contributed by atoms with Crippen molar-refractivity contribution in [3.8, 4) is 0 Å². The maximum atomic E-state index is 10.5. The highest BCUT2D eigenvalue weighted by Gasteiger charge is 2.29. The Labute approximate surface area is 78.8 Å². The maximum absolute atomic E-state index is 10.5. The highest BCUT2D eigenvalue weighted by molar-refractivity contribution is 5.67. The minimum Gasteiger partial charge on any atom is -0.481 e. The van der Waals surface area contributed by atoms with Gasteiger partial charge in [-0.25, -0.2) is 0 Å². The van der Waals surface area contributed by atoms with E-state index in [1.807, 2.05) is 0 Å². The molecule has 0 aromatic carbocycles. The van der Waals surface area contributed by atoms with Crippen molar-refractivity contribution in [2.45, 2.75) is 38.7 Å². The van der Waals surface area contributed by atoms with E-state index in [9.17, 15) is 9.90 Å². The van der Waals surface area contributed by atoms with E-state index in [1.54, 1.807) is 6.92 Å². The van der Waals surface area contributed by atoms with E-state index < -0.39 is 5.97 Å². The van der Waals surface area contributed by atoms with Gasteiger partial charge in [0, 0.05) is 6.42 Å². The van der Waals surface area contributed by atoms with Crippen LogP contribution in [0.5, 0.6) is 0 Å². The fourth-order valence-electron chi connectivity index (χ4n) is 2.12. The lowest BCUT2D eigenvalue weighted by Crippen LogP contribution is -2.30. The van der Waals surface area contributed by atoms with Gasteiger partial charge in [-0.15, -0.1) is 0 Å². The van der Waals surface area contributed by atoms with Gasteiger partial charge in [-0.2, -0.15) is 0 Å². The Hall–Kier alpha value is -0.570. The second kappa shape index (κ2) is 4.61. The third kappa shape index (κ3) is 2.99. The molecule has 1 saturated carbocycles. The monoisotopic (exact) mass is 185 g/mol. The Morgan fingerprint density at radius 3 is 2.92 bits per heavy atom. The van der Waals surface area contributed by atoms with Gasteiger partial charge in [0.25, 0.3) is 0 Å². The molecule has 0 heterocycles. The molecule has 0 aliphatic heterocycles. The molecule has 0 bridgehead atoms. The first-order valence-electron chi connectivity index (χ1n) is 4.82. The van der Waals surface area contributed by atoms with Gasteiger partial charge >= 0.3 is 5.97 Å². The summed E-state index contributed by atoms with van der Waals surface area (Å²) < 4.78 is 0. The van der Waals surface area contributed by atoms with Gasteiger partial charge in [-0.1, -0.05) is 0 Å². The molecule has 3 unspecified atom stereocenters. The van der Waals surface area contributed by atoms with Crippen molar-refractivity contribution in [1.82, 2.24) is 0 Å². The fraction of sp³-hybridized carbons (Fsp3) is 0.800. The fourth-order valence-corrected chi connectivity index (χ4v) is 2.12. The number of carboxylic acid groups (broad SMARTS) is 1. The van der Waals surface area contributed by atoms with Gasteiger partial charge in [-0.05, 0) is 44.4 Å². The van der Waals surface area contributed by atoms with E-state index in [4.69, 9.17) is 5.11 Å². The molecule has 0 aromatic heterocycles. The number of aliphatic hydroxyl groups is 1. The van der Waals surface area contributed by atoms with Crippen LogP contribution in [0.2, 0.25) is 0 Å². The average molecular weight is 185 g/mol. The molecule has 1 rings (SSSR count). The normalized spacial score (nSPS) is 31.2. The largest absolute Gasteiger partial charge is 0.481 e. The number of hydrogen-bond donors (Lipinski definition) is 2. The number of aliphatic carboxylic acids is 1. The lowest BCUT2D eigenvalue weighted by atomic mass is 9.75. The summed E-state index contributed by atoms with van der Waals surface area (Å²) in [7, 11) is 0. The Morgan fingerprint density at radius 2 is 2.38 bits per heavy atom. The van der Waals surface area contributed by atoms with Crippen LogP contribution in [0.15, 0.2) is 0 Å². The van der Waals surface area contributed by atoms with Crippen LogP contribution >= 0.6 is 0 Å². The van der Waals surface area contributed by atoms with Crippen LogP contribution in [0, 0.1) is 18.3 Å². The van der Waals surface area contributed by atoms with E-state index in [2.05, 4.69) is 6.42 Å². The van der Waals surface area contributed by atoms with Gasteiger partial charge < -0.3 is 10.2 Å². The van der Waals surface area contributed by atoms with Crippen molar-refractivity contribution in [2.24, 2.45) is 11.8 Å². The number of carbonyl (C=O) groups is 1. The first-order chi connectivity index (χ1) is 6.11. The van der Waals surface area contributed by atoms with E-state index in [0.717, 1.165) is 19.3 Å². The highest BCUT2D eigenvalue weighted by Crippen LogP contribution is 2.33. The van der Waals surface area contributed by atoms with Crippen LogP contribution in [0.1, 0.15) is 32.6 Å². The van der Waals surface area contributed by atoms with Crippen molar-refractivity contribution in [3.05, 3.63) is 6.42 Å². The van der Waals surface area contributed by atoms with Gasteiger partial charge in [0.05, 0.1) is 6.10 Å². The number of rotatable bonds is 3. The van der Waals surface area contributed by atoms with Crippen LogP contribution in [-0.2, 0) is 4.79 Å². The molecule has 3 nitrogen and oxygen atoms in total. The topological polar surface area (TPSA) is 57.5 Å². The summed E-state index contributed by atoms with van der Waals surface area (Å²) in [6.45, 7) is 1.75. The standard InChI is InChI=1S/C10H17O3/c1-7(11)9-5-3-2-4-8(9)6-10(12)13/h3,7-9,11H,2,4-6H2,1H3,(H,12,13). The summed E-state index contributed by atoms with van der Waals surface area (Å²) in [5.41, 5.74) is 0. The molecular formula is C10H17O3. The molecule has 2 N–H and O–H groups in total. The number of hydrogen-bond acceptors (Lipinski definition) is 2. The van der Waals surface area contributed by atoms with Crippen molar-refractivity contribution in [1.29, 1.82) is 0 Å². The summed E-state index contributed by atoms with van der Waals surface area (Å²) in [5, 5.41) is 18.1. The van der Waals surface area contributed by atoms with Gasteiger partial charge in [-0.3, -0.25) is 4.79 Å². The summed E-state index contributed by atoms with van der Waals surface area (Å²) in [6, 6.07) is 0. The molecule has 3 heteroatoms. The molecule has 0 saturated heterocycles. The smallest absolute Gasteiger partial charge is 0.303 e. The van der Waals surface area contributed by atoms with E-state index in [1.165, 1.54) is 0 Å². The van der Waals surface area contributed by atoms with Gasteiger partial charge in [0.15, 0.2) is 0 Å². The summed E-state index contributed by atoms with van der Waals surface area (Å²) in [4.78, 5) is 10.5. The third-order valence-corrected chi connectivity index (χ3v) is 2.84. The van der Waals surface area contributed by atoms with Crippen LogP contribution in [-0.4, -0.2) is 22.3 Å². The third-order valence-electron chi connectivity index (χ3n) is 2.84. The molecule has 1 radical (unpaired) electrons.